The first kappa shape index (κ1) is 14.4. The van der Waals surface area contributed by atoms with E-state index in [0.29, 0.717) is 0 Å². The Morgan fingerprint density at radius 2 is 1.83 bits per heavy atom. The van der Waals surface area contributed by atoms with Gasteiger partial charge < -0.3 is 5.73 Å². The summed E-state index contributed by atoms with van der Waals surface area (Å²) in [5, 5.41) is 0. The highest BCUT2D eigenvalue weighted by Crippen LogP contribution is 2.24. The van der Waals surface area contributed by atoms with Crippen LogP contribution in [0.3, 0.4) is 0 Å². The van der Waals surface area contributed by atoms with Gasteiger partial charge in [0.2, 0.25) is 10.0 Å². The van der Waals surface area contributed by atoms with Crippen LogP contribution in [0.15, 0.2) is 48.4 Å². The van der Waals surface area contributed by atoms with Crippen LogP contribution < -0.4 is 5.73 Å². The Hall–Kier alpha value is -1.66. The molecule has 0 spiro atoms. The molecule has 0 bridgehead atoms. The third kappa shape index (κ3) is 2.77. The van der Waals surface area contributed by atoms with Crippen LogP contribution in [0, 0.1) is 5.82 Å². The molecule has 0 saturated heterocycles. The van der Waals surface area contributed by atoms with Gasteiger partial charge in [0.05, 0.1) is 5.69 Å². The lowest BCUT2D eigenvalue weighted by atomic mass is 10.3. The van der Waals surface area contributed by atoms with Gasteiger partial charge in [0.25, 0.3) is 0 Å². The molecular weight excluding hydrogens is 255 g/mol. The van der Waals surface area contributed by atoms with E-state index < -0.39 is 15.8 Å². The summed E-state index contributed by atoms with van der Waals surface area (Å²) >= 11 is 0. The summed E-state index contributed by atoms with van der Waals surface area (Å²) in [5.41, 5.74) is 5.09. The van der Waals surface area contributed by atoms with Crippen molar-refractivity contribution in [1.82, 2.24) is 4.31 Å². The zero-order valence-corrected chi connectivity index (χ0v) is 10.7. The lowest BCUT2D eigenvalue weighted by Gasteiger charge is -2.20. The molecular formula is C12H15FN2O2S. The minimum atomic E-state index is -3.85. The molecule has 0 aromatic heterocycles. The number of benzene rings is 1. The van der Waals surface area contributed by atoms with Crippen LogP contribution in [0.5, 0.6) is 0 Å². The normalized spacial score (nSPS) is 11.4. The third-order valence-electron chi connectivity index (χ3n) is 2.30. The van der Waals surface area contributed by atoms with Crippen molar-refractivity contribution >= 4 is 15.7 Å². The van der Waals surface area contributed by atoms with E-state index in [1.54, 1.807) is 0 Å². The number of nitrogens with two attached hydrogens (primary N) is 1. The second-order valence-electron chi connectivity index (χ2n) is 3.55. The highest BCUT2D eigenvalue weighted by molar-refractivity contribution is 7.89. The molecule has 0 atom stereocenters. The van der Waals surface area contributed by atoms with Crippen LogP contribution in [0.2, 0.25) is 0 Å². The van der Waals surface area contributed by atoms with Crippen LogP contribution >= 0.6 is 0 Å². The minimum absolute atomic E-state index is 0.101. The summed E-state index contributed by atoms with van der Waals surface area (Å²) in [7, 11) is -3.85. The van der Waals surface area contributed by atoms with Gasteiger partial charge in [-0.2, -0.15) is 4.31 Å². The molecule has 2 N–H and O–H groups in total. The van der Waals surface area contributed by atoms with Crippen molar-refractivity contribution in [2.24, 2.45) is 0 Å². The van der Waals surface area contributed by atoms with Crippen molar-refractivity contribution in [2.45, 2.75) is 4.90 Å². The summed E-state index contributed by atoms with van der Waals surface area (Å²) in [6, 6.07) is 3.69. The SMILES string of the molecule is C=CCN(CC=C)S(=O)(=O)c1cccc(F)c1N. The number of halogens is 1. The van der Waals surface area contributed by atoms with Crippen molar-refractivity contribution in [3.8, 4) is 0 Å². The zero-order chi connectivity index (χ0) is 13.8. The number of anilines is 1. The van der Waals surface area contributed by atoms with E-state index in [1.165, 1.54) is 24.3 Å². The van der Waals surface area contributed by atoms with Crippen molar-refractivity contribution in [2.75, 3.05) is 18.8 Å². The Kier molecular flexibility index (Phi) is 4.63. The van der Waals surface area contributed by atoms with Gasteiger partial charge in [-0.1, -0.05) is 18.2 Å². The molecule has 18 heavy (non-hydrogen) atoms. The van der Waals surface area contributed by atoms with Crippen molar-refractivity contribution in [1.29, 1.82) is 0 Å². The number of nitrogen functional groups attached to an aromatic ring is 1. The van der Waals surface area contributed by atoms with E-state index in [1.807, 2.05) is 0 Å². The molecule has 0 radical (unpaired) electrons. The largest absolute Gasteiger partial charge is 0.395 e. The molecule has 0 fully saturated rings. The number of sulfonamides is 1. The Balaban J connectivity index is 3.30. The summed E-state index contributed by atoms with van der Waals surface area (Å²) in [4.78, 5) is -0.244. The smallest absolute Gasteiger partial charge is 0.245 e. The van der Waals surface area contributed by atoms with Gasteiger partial charge in [0, 0.05) is 13.1 Å². The van der Waals surface area contributed by atoms with Gasteiger partial charge in [-0.25, -0.2) is 12.8 Å². The summed E-state index contributed by atoms with van der Waals surface area (Å²) in [6.45, 7) is 7.17. The van der Waals surface area contributed by atoms with Crippen molar-refractivity contribution in [3.05, 3.63) is 49.3 Å². The van der Waals surface area contributed by atoms with Crippen molar-refractivity contribution in [3.63, 3.8) is 0 Å². The predicted molar refractivity (Wildman–Crippen MR) is 70.0 cm³/mol. The van der Waals surface area contributed by atoms with E-state index in [0.717, 1.165) is 10.4 Å². The van der Waals surface area contributed by atoms with E-state index in [2.05, 4.69) is 13.2 Å². The van der Waals surface area contributed by atoms with Gasteiger partial charge >= 0.3 is 0 Å². The Morgan fingerprint density at radius 1 is 1.28 bits per heavy atom. The molecule has 1 aromatic rings. The lowest BCUT2D eigenvalue weighted by Crippen LogP contribution is -2.32. The van der Waals surface area contributed by atoms with Crippen LogP contribution in [-0.4, -0.2) is 25.8 Å². The molecule has 0 aliphatic heterocycles. The monoisotopic (exact) mass is 270 g/mol. The molecule has 0 amide bonds. The van der Waals surface area contributed by atoms with Gasteiger partial charge in [-0.3, -0.25) is 0 Å². The van der Waals surface area contributed by atoms with Crippen LogP contribution in [0.25, 0.3) is 0 Å². The summed E-state index contributed by atoms with van der Waals surface area (Å²) < 4.78 is 38.9. The van der Waals surface area contributed by atoms with E-state index in [-0.39, 0.29) is 23.7 Å². The molecule has 4 nitrogen and oxygen atoms in total. The summed E-state index contributed by atoms with van der Waals surface area (Å²) in [6.07, 6.45) is 2.88. The molecule has 1 rings (SSSR count). The highest BCUT2D eigenvalue weighted by atomic mass is 32.2. The molecule has 0 aliphatic carbocycles. The fraction of sp³-hybridized carbons (Fsp3) is 0.167. The first-order chi connectivity index (χ1) is 8.45. The lowest BCUT2D eigenvalue weighted by molar-refractivity contribution is 0.474. The fourth-order valence-electron chi connectivity index (χ4n) is 1.44. The Labute approximate surface area is 106 Å². The topological polar surface area (TPSA) is 63.4 Å². The molecule has 1 aromatic carbocycles. The van der Waals surface area contributed by atoms with Crippen LogP contribution in [0.1, 0.15) is 0 Å². The second kappa shape index (κ2) is 5.79. The maximum absolute atomic E-state index is 13.3. The number of para-hydroxylation sites is 1. The Morgan fingerprint density at radius 3 is 2.33 bits per heavy atom. The average Bonchev–Trinajstić information content (AvgIpc) is 2.32. The first-order valence-electron chi connectivity index (χ1n) is 5.21. The van der Waals surface area contributed by atoms with Crippen molar-refractivity contribution < 1.29 is 12.8 Å². The summed E-state index contributed by atoms with van der Waals surface area (Å²) in [5.74, 6) is -0.756. The van der Waals surface area contributed by atoms with Gasteiger partial charge in [0.1, 0.15) is 10.7 Å². The van der Waals surface area contributed by atoms with Gasteiger partial charge in [0.15, 0.2) is 0 Å². The predicted octanol–water partition coefficient (Wildman–Crippen LogP) is 1.77. The molecule has 98 valence electrons. The molecule has 6 heteroatoms. The van der Waals surface area contributed by atoms with E-state index >= 15 is 0 Å². The number of rotatable bonds is 6. The molecule has 0 saturated carbocycles. The van der Waals surface area contributed by atoms with E-state index in [9.17, 15) is 12.8 Å². The standard InChI is InChI=1S/C12H15FN2O2S/c1-3-8-15(9-4-2)18(16,17)11-7-5-6-10(13)12(11)14/h3-7H,1-2,8-9,14H2. The Bertz CT molecular complexity index is 545. The highest BCUT2D eigenvalue weighted by Gasteiger charge is 2.25. The van der Waals surface area contributed by atoms with Gasteiger partial charge in [-0.15, -0.1) is 13.2 Å². The van der Waals surface area contributed by atoms with Gasteiger partial charge in [-0.05, 0) is 12.1 Å². The maximum Gasteiger partial charge on any atom is 0.245 e. The number of nitrogens with zero attached hydrogens (tertiary/aromatic N) is 1. The van der Waals surface area contributed by atoms with E-state index in [4.69, 9.17) is 5.73 Å². The molecule has 0 heterocycles. The maximum atomic E-state index is 13.3. The quantitative estimate of drug-likeness (QED) is 0.633. The second-order valence-corrected chi connectivity index (χ2v) is 5.46. The molecule has 0 aliphatic rings. The number of hydrogen-bond acceptors (Lipinski definition) is 3. The minimum Gasteiger partial charge on any atom is -0.395 e. The van der Waals surface area contributed by atoms with Crippen LogP contribution in [-0.2, 0) is 10.0 Å². The zero-order valence-electron chi connectivity index (χ0n) is 9.84. The number of hydrogen-bond donors (Lipinski definition) is 1. The first-order valence-corrected chi connectivity index (χ1v) is 6.65. The average molecular weight is 270 g/mol. The third-order valence-corrected chi connectivity index (χ3v) is 4.19. The van der Waals surface area contributed by atoms with Crippen LogP contribution in [0.4, 0.5) is 10.1 Å². The fourth-order valence-corrected chi connectivity index (χ4v) is 2.95. The molecule has 0 unspecified atom stereocenters.